The van der Waals surface area contributed by atoms with Crippen LogP contribution in [0, 0.1) is 11.3 Å². The van der Waals surface area contributed by atoms with E-state index in [-0.39, 0.29) is 0 Å². The number of hydrogen-bond donors (Lipinski definition) is 0. The van der Waals surface area contributed by atoms with E-state index >= 15 is 0 Å². The SMILES string of the molecule is COCCCc1noc(-c2ccc(C#N)cc2)n1. The third-order valence-electron chi connectivity index (χ3n) is 2.48. The number of hydrogen-bond acceptors (Lipinski definition) is 5. The Morgan fingerprint density at radius 2 is 2.11 bits per heavy atom. The van der Waals surface area contributed by atoms with Gasteiger partial charge in [-0.05, 0) is 30.7 Å². The number of aryl methyl sites for hydroxylation is 1. The summed E-state index contributed by atoms with van der Waals surface area (Å²) in [7, 11) is 1.67. The molecule has 0 radical (unpaired) electrons. The molecule has 0 fully saturated rings. The fraction of sp³-hybridized carbons (Fsp3) is 0.308. The number of nitriles is 1. The van der Waals surface area contributed by atoms with Gasteiger partial charge in [0.2, 0.25) is 0 Å². The first kappa shape index (κ1) is 12.3. The van der Waals surface area contributed by atoms with Gasteiger partial charge in [0.1, 0.15) is 0 Å². The minimum Gasteiger partial charge on any atom is -0.385 e. The lowest BCUT2D eigenvalue weighted by atomic mass is 10.1. The van der Waals surface area contributed by atoms with E-state index in [1.165, 1.54) is 0 Å². The van der Waals surface area contributed by atoms with Crippen molar-refractivity contribution in [1.82, 2.24) is 10.1 Å². The Morgan fingerprint density at radius 3 is 2.78 bits per heavy atom. The third-order valence-corrected chi connectivity index (χ3v) is 2.48. The zero-order valence-corrected chi connectivity index (χ0v) is 10.1. The van der Waals surface area contributed by atoms with Gasteiger partial charge in [0.05, 0.1) is 11.6 Å². The largest absolute Gasteiger partial charge is 0.385 e. The molecule has 2 aromatic rings. The van der Waals surface area contributed by atoms with Gasteiger partial charge in [0, 0.05) is 25.7 Å². The Morgan fingerprint density at radius 1 is 1.33 bits per heavy atom. The number of methoxy groups -OCH3 is 1. The molecule has 0 aliphatic heterocycles. The Labute approximate surface area is 105 Å². The first-order valence-corrected chi connectivity index (χ1v) is 5.65. The van der Waals surface area contributed by atoms with Gasteiger partial charge >= 0.3 is 0 Å². The summed E-state index contributed by atoms with van der Waals surface area (Å²) in [5, 5.41) is 12.6. The Bertz CT molecular complexity index is 540. The summed E-state index contributed by atoms with van der Waals surface area (Å²) in [6.45, 7) is 0.681. The third kappa shape index (κ3) is 2.93. The number of benzene rings is 1. The van der Waals surface area contributed by atoms with Gasteiger partial charge in [-0.2, -0.15) is 10.2 Å². The molecular formula is C13H13N3O2. The summed E-state index contributed by atoms with van der Waals surface area (Å²) in [4.78, 5) is 4.29. The average Bonchev–Trinajstić information content (AvgIpc) is 2.88. The first-order chi connectivity index (χ1) is 8.83. The number of rotatable bonds is 5. The molecule has 0 amide bonds. The van der Waals surface area contributed by atoms with Crippen molar-refractivity contribution in [2.75, 3.05) is 13.7 Å². The van der Waals surface area contributed by atoms with E-state index in [4.69, 9.17) is 14.5 Å². The monoisotopic (exact) mass is 243 g/mol. The molecule has 2 rings (SSSR count). The van der Waals surface area contributed by atoms with E-state index in [9.17, 15) is 0 Å². The number of ether oxygens (including phenoxy) is 1. The molecule has 0 saturated carbocycles. The highest BCUT2D eigenvalue weighted by molar-refractivity contribution is 5.54. The molecule has 5 heteroatoms. The van der Waals surface area contributed by atoms with Gasteiger partial charge in [0.25, 0.3) is 5.89 Å². The Kier molecular flexibility index (Phi) is 4.05. The van der Waals surface area contributed by atoms with Crippen LogP contribution in [0.4, 0.5) is 0 Å². The van der Waals surface area contributed by atoms with Crippen molar-refractivity contribution in [2.45, 2.75) is 12.8 Å². The molecule has 1 aromatic heterocycles. The van der Waals surface area contributed by atoms with E-state index in [2.05, 4.69) is 16.2 Å². The topological polar surface area (TPSA) is 71.9 Å². The van der Waals surface area contributed by atoms with Gasteiger partial charge in [-0.3, -0.25) is 0 Å². The molecule has 92 valence electrons. The predicted octanol–water partition coefficient (Wildman–Crippen LogP) is 2.19. The number of nitrogens with zero attached hydrogens (tertiary/aromatic N) is 3. The average molecular weight is 243 g/mol. The van der Waals surface area contributed by atoms with Crippen LogP contribution < -0.4 is 0 Å². The fourth-order valence-corrected chi connectivity index (χ4v) is 1.53. The number of aromatic nitrogens is 2. The van der Waals surface area contributed by atoms with Gasteiger partial charge < -0.3 is 9.26 Å². The molecule has 0 aliphatic rings. The summed E-state index contributed by atoms with van der Waals surface area (Å²) < 4.78 is 10.1. The van der Waals surface area contributed by atoms with Crippen molar-refractivity contribution in [3.8, 4) is 17.5 Å². The second-order valence-corrected chi connectivity index (χ2v) is 3.80. The van der Waals surface area contributed by atoms with Crippen LogP contribution in [0.25, 0.3) is 11.5 Å². The molecule has 0 N–H and O–H groups in total. The summed E-state index contributed by atoms with van der Waals surface area (Å²) in [5.41, 5.74) is 1.43. The lowest BCUT2D eigenvalue weighted by Gasteiger charge is -1.94. The Balaban J connectivity index is 2.06. The molecule has 0 saturated heterocycles. The van der Waals surface area contributed by atoms with Crippen molar-refractivity contribution in [2.24, 2.45) is 0 Å². The Hall–Kier alpha value is -2.19. The molecule has 0 atom stereocenters. The van der Waals surface area contributed by atoms with Gasteiger partial charge in [-0.25, -0.2) is 0 Å². The van der Waals surface area contributed by atoms with E-state index in [1.807, 2.05) is 0 Å². The smallest absolute Gasteiger partial charge is 0.257 e. The van der Waals surface area contributed by atoms with Crippen LogP contribution in [0.5, 0.6) is 0 Å². The van der Waals surface area contributed by atoms with Crippen LogP contribution in [0.3, 0.4) is 0 Å². The van der Waals surface area contributed by atoms with Crippen LogP contribution in [-0.2, 0) is 11.2 Å². The minimum absolute atomic E-state index is 0.479. The zero-order chi connectivity index (χ0) is 12.8. The maximum atomic E-state index is 8.71. The van der Waals surface area contributed by atoms with Crippen molar-refractivity contribution < 1.29 is 9.26 Å². The van der Waals surface area contributed by atoms with E-state index in [0.717, 1.165) is 18.4 Å². The molecular weight excluding hydrogens is 230 g/mol. The van der Waals surface area contributed by atoms with Crippen LogP contribution in [-0.4, -0.2) is 23.9 Å². The quantitative estimate of drug-likeness (QED) is 0.752. The van der Waals surface area contributed by atoms with Crippen molar-refractivity contribution in [3.05, 3.63) is 35.7 Å². The lowest BCUT2D eigenvalue weighted by molar-refractivity contribution is 0.194. The summed E-state index contributed by atoms with van der Waals surface area (Å²) in [5.74, 6) is 1.15. The maximum absolute atomic E-state index is 8.71. The van der Waals surface area contributed by atoms with Crippen LogP contribution >= 0.6 is 0 Å². The highest BCUT2D eigenvalue weighted by Crippen LogP contribution is 2.17. The molecule has 0 spiro atoms. The van der Waals surface area contributed by atoms with E-state index in [1.54, 1.807) is 31.4 Å². The molecule has 1 heterocycles. The fourth-order valence-electron chi connectivity index (χ4n) is 1.53. The van der Waals surface area contributed by atoms with Crippen LogP contribution in [0.1, 0.15) is 17.8 Å². The highest BCUT2D eigenvalue weighted by Gasteiger charge is 2.08. The minimum atomic E-state index is 0.479. The van der Waals surface area contributed by atoms with Crippen LogP contribution in [0.2, 0.25) is 0 Å². The molecule has 18 heavy (non-hydrogen) atoms. The normalized spacial score (nSPS) is 10.2. The van der Waals surface area contributed by atoms with Gasteiger partial charge in [0.15, 0.2) is 5.82 Å². The lowest BCUT2D eigenvalue weighted by Crippen LogP contribution is -1.94. The van der Waals surface area contributed by atoms with Crippen molar-refractivity contribution >= 4 is 0 Å². The first-order valence-electron chi connectivity index (χ1n) is 5.65. The van der Waals surface area contributed by atoms with Gasteiger partial charge in [-0.1, -0.05) is 5.16 Å². The summed E-state index contributed by atoms with van der Waals surface area (Å²) in [6, 6.07) is 9.11. The second kappa shape index (κ2) is 5.94. The molecule has 5 nitrogen and oxygen atoms in total. The predicted molar refractivity (Wildman–Crippen MR) is 64.6 cm³/mol. The molecule has 0 aliphatic carbocycles. The van der Waals surface area contributed by atoms with Crippen LogP contribution in [0.15, 0.2) is 28.8 Å². The van der Waals surface area contributed by atoms with Gasteiger partial charge in [-0.15, -0.1) is 0 Å². The summed E-state index contributed by atoms with van der Waals surface area (Å²) >= 11 is 0. The van der Waals surface area contributed by atoms with E-state index in [0.29, 0.717) is 23.9 Å². The van der Waals surface area contributed by atoms with E-state index < -0.39 is 0 Å². The van der Waals surface area contributed by atoms with Crippen molar-refractivity contribution in [1.29, 1.82) is 5.26 Å². The molecule has 0 unspecified atom stereocenters. The maximum Gasteiger partial charge on any atom is 0.257 e. The zero-order valence-electron chi connectivity index (χ0n) is 10.1. The highest BCUT2D eigenvalue weighted by atomic mass is 16.5. The molecule has 0 bridgehead atoms. The standard InChI is InChI=1S/C13H13N3O2/c1-17-8-2-3-12-15-13(18-16-12)11-6-4-10(9-14)5-7-11/h4-7H,2-3,8H2,1H3. The summed E-state index contributed by atoms with van der Waals surface area (Å²) in [6.07, 6.45) is 1.59. The van der Waals surface area contributed by atoms with Crippen molar-refractivity contribution in [3.63, 3.8) is 0 Å². The molecule has 1 aromatic carbocycles. The second-order valence-electron chi connectivity index (χ2n) is 3.80.